The number of aliphatic hydroxyl groups excluding tert-OH is 1. The van der Waals surface area contributed by atoms with Gasteiger partial charge in [0, 0.05) is 12.1 Å². The summed E-state index contributed by atoms with van der Waals surface area (Å²) in [6.45, 7) is 6.48. The van der Waals surface area contributed by atoms with Crippen LogP contribution >= 0.6 is 0 Å². The van der Waals surface area contributed by atoms with Crippen molar-refractivity contribution in [3.8, 4) is 5.75 Å². The maximum Gasteiger partial charge on any atom is 0.230 e. The predicted octanol–water partition coefficient (Wildman–Crippen LogP) is 2.64. The fraction of sp³-hybridized carbons (Fsp3) is 0.611. The average Bonchev–Trinajstić information content (AvgIpc) is 3.27. The quantitative estimate of drug-likeness (QED) is 0.849. The van der Waals surface area contributed by atoms with Gasteiger partial charge in [-0.15, -0.1) is 0 Å². The largest absolute Gasteiger partial charge is 0.496 e. The first kappa shape index (κ1) is 16.8. The number of amides is 1. The van der Waals surface area contributed by atoms with Gasteiger partial charge in [0.2, 0.25) is 5.91 Å². The van der Waals surface area contributed by atoms with E-state index in [0.29, 0.717) is 13.0 Å². The van der Waals surface area contributed by atoms with E-state index in [1.54, 1.807) is 7.11 Å². The van der Waals surface area contributed by atoms with Crippen molar-refractivity contribution in [1.82, 2.24) is 5.32 Å². The molecule has 0 aromatic heterocycles. The van der Waals surface area contributed by atoms with Crippen molar-refractivity contribution in [2.75, 3.05) is 13.7 Å². The Morgan fingerprint density at radius 1 is 1.36 bits per heavy atom. The van der Waals surface area contributed by atoms with Gasteiger partial charge in [-0.3, -0.25) is 4.79 Å². The van der Waals surface area contributed by atoms with Gasteiger partial charge in [0.05, 0.1) is 18.6 Å². The van der Waals surface area contributed by atoms with Crippen LogP contribution in [0, 0.1) is 5.41 Å². The molecule has 1 aliphatic carbocycles. The van der Waals surface area contributed by atoms with Crippen molar-refractivity contribution in [2.45, 2.75) is 51.6 Å². The average molecular weight is 305 g/mol. The Labute approximate surface area is 132 Å². The Balaban J connectivity index is 1.98. The molecule has 0 bridgehead atoms. The third kappa shape index (κ3) is 3.43. The number of carbonyl (C=O) groups is 1. The first-order chi connectivity index (χ1) is 10.3. The van der Waals surface area contributed by atoms with Gasteiger partial charge in [-0.2, -0.15) is 0 Å². The lowest BCUT2D eigenvalue weighted by Crippen LogP contribution is -2.38. The molecule has 0 heterocycles. The Morgan fingerprint density at radius 3 is 2.55 bits per heavy atom. The molecular formula is C18H27NO3. The van der Waals surface area contributed by atoms with Gasteiger partial charge in [-0.1, -0.05) is 39.0 Å². The summed E-state index contributed by atoms with van der Waals surface area (Å²) >= 11 is 0. The zero-order valence-electron chi connectivity index (χ0n) is 14.0. The summed E-state index contributed by atoms with van der Waals surface area (Å²) < 4.78 is 5.39. The summed E-state index contributed by atoms with van der Waals surface area (Å²) in [6, 6.07) is 7.71. The lowest BCUT2D eigenvalue weighted by molar-refractivity contribution is -0.123. The standard InChI is InChI=1S/C18H27NO3/c1-17(2,3)15(20)9-12-19-16(21)18(10-11-18)13-7-5-6-8-14(13)22-4/h5-8,15,20H,9-12H2,1-4H3,(H,19,21). The molecular weight excluding hydrogens is 278 g/mol. The van der Waals surface area contributed by atoms with Crippen LogP contribution in [0.25, 0.3) is 0 Å². The molecule has 2 N–H and O–H groups in total. The van der Waals surface area contributed by atoms with Crippen molar-refractivity contribution in [2.24, 2.45) is 5.41 Å². The summed E-state index contributed by atoms with van der Waals surface area (Å²) in [6.07, 6.45) is 1.84. The maximum atomic E-state index is 12.6. The Bertz CT molecular complexity index is 529. The van der Waals surface area contributed by atoms with Crippen LogP contribution in [0.3, 0.4) is 0 Å². The van der Waals surface area contributed by atoms with Crippen LogP contribution in [0.5, 0.6) is 5.75 Å². The van der Waals surface area contributed by atoms with E-state index in [9.17, 15) is 9.90 Å². The summed E-state index contributed by atoms with van der Waals surface area (Å²) in [4.78, 5) is 12.6. The molecule has 1 amide bonds. The highest BCUT2D eigenvalue weighted by atomic mass is 16.5. The Kier molecular flexibility index (Phi) is 4.81. The molecule has 122 valence electrons. The molecule has 1 fully saturated rings. The summed E-state index contributed by atoms with van der Waals surface area (Å²) in [5, 5.41) is 13.0. The third-order valence-corrected chi connectivity index (χ3v) is 4.51. The number of carbonyl (C=O) groups excluding carboxylic acids is 1. The number of methoxy groups -OCH3 is 1. The van der Waals surface area contributed by atoms with Crippen LogP contribution in [0.1, 0.15) is 45.6 Å². The SMILES string of the molecule is COc1ccccc1C1(C(=O)NCCC(O)C(C)(C)C)CC1. The Morgan fingerprint density at radius 2 is 2.00 bits per heavy atom. The van der Waals surface area contributed by atoms with E-state index >= 15 is 0 Å². The van der Waals surface area contributed by atoms with E-state index in [4.69, 9.17) is 4.74 Å². The van der Waals surface area contributed by atoms with E-state index in [2.05, 4.69) is 5.32 Å². The molecule has 1 aliphatic rings. The molecule has 0 spiro atoms. The van der Waals surface area contributed by atoms with Crippen LogP contribution in [0.2, 0.25) is 0 Å². The zero-order chi connectivity index (χ0) is 16.4. The monoisotopic (exact) mass is 305 g/mol. The van der Waals surface area contributed by atoms with Crippen LogP contribution in [-0.4, -0.2) is 30.8 Å². The number of nitrogens with one attached hydrogen (secondary N) is 1. The molecule has 1 aromatic rings. The molecule has 4 heteroatoms. The number of aliphatic hydroxyl groups is 1. The van der Waals surface area contributed by atoms with Crippen molar-refractivity contribution in [3.05, 3.63) is 29.8 Å². The molecule has 2 rings (SSSR count). The molecule has 1 saturated carbocycles. The fourth-order valence-corrected chi connectivity index (χ4v) is 2.71. The fourth-order valence-electron chi connectivity index (χ4n) is 2.71. The smallest absolute Gasteiger partial charge is 0.230 e. The minimum atomic E-state index is -0.445. The van der Waals surface area contributed by atoms with Crippen molar-refractivity contribution in [1.29, 1.82) is 0 Å². The van der Waals surface area contributed by atoms with E-state index < -0.39 is 11.5 Å². The minimum absolute atomic E-state index is 0.0399. The molecule has 0 aliphatic heterocycles. The normalized spacial score (nSPS) is 17.7. The molecule has 1 unspecified atom stereocenters. The van der Waals surface area contributed by atoms with Gasteiger partial charge in [0.1, 0.15) is 5.75 Å². The highest BCUT2D eigenvalue weighted by Gasteiger charge is 2.52. The molecule has 0 saturated heterocycles. The van der Waals surface area contributed by atoms with Crippen molar-refractivity contribution in [3.63, 3.8) is 0 Å². The summed E-state index contributed by atoms with van der Waals surface area (Å²) in [5.41, 5.74) is 0.357. The highest BCUT2D eigenvalue weighted by Crippen LogP contribution is 2.51. The van der Waals surface area contributed by atoms with E-state index in [1.807, 2.05) is 45.0 Å². The predicted molar refractivity (Wildman–Crippen MR) is 87.0 cm³/mol. The van der Waals surface area contributed by atoms with Crippen LogP contribution < -0.4 is 10.1 Å². The Hall–Kier alpha value is -1.55. The first-order valence-corrected chi connectivity index (χ1v) is 7.91. The van der Waals surface area contributed by atoms with Crippen LogP contribution in [0.15, 0.2) is 24.3 Å². The van der Waals surface area contributed by atoms with Crippen molar-refractivity contribution < 1.29 is 14.6 Å². The zero-order valence-corrected chi connectivity index (χ0v) is 14.0. The number of hydrogen-bond acceptors (Lipinski definition) is 3. The summed E-state index contributed by atoms with van der Waals surface area (Å²) in [5.74, 6) is 0.808. The van der Waals surface area contributed by atoms with E-state index in [0.717, 1.165) is 24.2 Å². The first-order valence-electron chi connectivity index (χ1n) is 7.91. The lowest BCUT2D eigenvalue weighted by Gasteiger charge is -2.26. The minimum Gasteiger partial charge on any atom is -0.496 e. The number of hydrogen-bond donors (Lipinski definition) is 2. The van der Waals surface area contributed by atoms with Gasteiger partial charge >= 0.3 is 0 Å². The summed E-state index contributed by atoms with van der Waals surface area (Å²) in [7, 11) is 1.63. The molecule has 22 heavy (non-hydrogen) atoms. The second kappa shape index (κ2) is 6.29. The van der Waals surface area contributed by atoms with Gasteiger partial charge in [0.25, 0.3) is 0 Å². The molecule has 1 atom stereocenters. The second-order valence-corrected chi connectivity index (χ2v) is 7.21. The number of rotatable bonds is 6. The van der Waals surface area contributed by atoms with Crippen LogP contribution in [-0.2, 0) is 10.2 Å². The van der Waals surface area contributed by atoms with Crippen LogP contribution in [0.4, 0.5) is 0 Å². The lowest BCUT2D eigenvalue weighted by atomic mass is 9.87. The number of para-hydroxylation sites is 1. The number of ether oxygens (including phenoxy) is 1. The van der Waals surface area contributed by atoms with Gasteiger partial charge in [-0.25, -0.2) is 0 Å². The maximum absolute atomic E-state index is 12.6. The highest BCUT2D eigenvalue weighted by molar-refractivity contribution is 5.92. The van der Waals surface area contributed by atoms with Gasteiger partial charge < -0.3 is 15.2 Å². The molecule has 0 radical (unpaired) electrons. The topological polar surface area (TPSA) is 58.6 Å². The molecule has 4 nitrogen and oxygen atoms in total. The van der Waals surface area contributed by atoms with E-state index in [1.165, 1.54) is 0 Å². The van der Waals surface area contributed by atoms with Gasteiger partial charge in [0.15, 0.2) is 0 Å². The molecule has 1 aromatic carbocycles. The second-order valence-electron chi connectivity index (χ2n) is 7.21. The van der Waals surface area contributed by atoms with Gasteiger partial charge in [-0.05, 0) is 30.7 Å². The van der Waals surface area contributed by atoms with E-state index in [-0.39, 0.29) is 11.3 Å². The van der Waals surface area contributed by atoms with Crippen molar-refractivity contribution >= 4 is 5.91 Å². The number of benzene rings is 1. The third-order valence-electron chi connectivity index (χ3n) is 4.51.